The number of nitrogens with zero attached hydrogens (tertiary/aromatic N) is 1. The van der Waals surface area contributed by atoms with Crippen molar-refractivity contribution in [3.8, 4) is 0 Å². The highest BCUT2D eigenvalue weighted by atomic mass is 16.1. The number of likely N-dealkylation sites (tertiary alicyclic amines) is 1. The number of carbonyl (C=O) groups excluding carboxylic acids is 2. The molecular weight excluding hydrogens is 154 g/mol. The Hall–Kier alpha value is -0.860. The van der Waals surface area contributed by atoms with Crippen LogP contribution in [0.3, 0.4) is 0 Å². The monoisotopic (exact) mass is 171 g/mol. The van der Waals surface area contributed by atoms with Crippen LogP contribution in [0.2, 0.25) is 0 Å². The van der Waals surface area contributed by atoms with Crippen LogP contribution in [-0.4, -0.2) is 30.2 Å². The second-order valence-corrected chi connectivity index (χ2v) is 2.89. The maximum Gasteiger partial charge on any atom is 0.209 e. The minimum Gasteiger partial charge on any atom is -0.344 e. The van der Waals surface area contributed by atoms with E-state index >= 15 is 0 Å². The lowest BCUT2D eigenvalue weighted by molar-refractivity contribution is -0.125. The molecule has 1 amide bonds. The summed E-state index contributed by atoms with van der Waals surface area (Å²) in [4.78, 5) is 22.3. The van der Waals surface area contributed by atoms with Gasteiger partial charge in [0.05, 0.1) is 0 Å². The number of piperidine rings is 1. The minimum atomic E-state index is 0.271. The van der Waals surface area contributed by atoms with E-state index in [1.165, 1.54) is 6.42 Å². The fourth-order valence-electron chi connectivity index (χ4n) is 0.879. The van der Waals surface area contributed by atoms with Crippen molar-refractivity contribution in [2.24, 2.45) is 0 Å². The fraction of sp³-hybridized carbons (Fsp3) is 0.778. The van der Waals surface area contributed by atoms with E-state index < -0.39 is 0 Å². The third-order valence-electron chi connectivity index (χ3n) is 1.50. The van der Waals surface area contributed by atoms with Gasteiger partial charge in [0.1, 0.15) is 5.78 Å². The van der Waals surface area contributed by atoms with Crippen LogP contribution in [0.1, 0.15) is 33.1 Å². The molecule has 0 atom stereocenters. The fourth-order valence-corrected chi connectivity index (χ4v) is 0.879. The van der Waals surface area contributed by atoms with Gasteiger partial charge in [0, 0.05) is 25.9 Å². The molecule has 0 aromatic rings. The normalized spacial score (nSPS) is 16.5. The highest BCUT2D eigenvalue weighted by molar-refractivity contribution is 5.80. The lowest BCUT2D eigenvalue weighted by Gasteiger charge is -2.20. The standard InChI is InChI=1S/C6H9NO2.C3H8/c8-5-7-3-1-6(9)2-4-7;1-3-2/h5H,1-4H2;3H2,1-2H3. The zero-order valence-electron chi connectivity index (χ0n) is 7.88. The van der Waals surface area contributed by atoms with Gasteiger partial charge in [0.15, 0.2) is 0 Å². The van der Waals surface area contributed by atoms with E-state index in [4.69, 9.17) is 0 Å². The van der Waals surface area contributed by atoms with Crippen molar-refractivity contribution in [1.82, 2.24) is 4.90 Å². The zero-order chi connectivity index (χ0) is 9.40. The summed E-state index contributed by atoms with van der Waals surface area (Å²) < 4.78 is 0. The topological polar surface area (TPSA) is 37.4 Å². The Balaban J connectivity index is 0.000000354. The van der Waals surface area contributed by atoms with E-state index in [2.05, 4.69) is 13.8 Å². The van der Waals surface area contributed by atoms with Crippen molar-refractivity contribution < 1.29 is 9.59 Å². The second-order valence-electron chi connectivity index (χ2n) is 2.89. The van der Waals surface area contributed by atoms with Crippen LogP contribution >= 0.6 is 0 Å². The van der Waals surface area contributed by atoms with Gasteiger partial charge in [-0.2, -0.15) is 0 Å². The van der Waals surface area contributed by atoms with Gasteiger partial charge in [0.2, 0.25) is 6.41 Å². The first-order valence-electron chi connectivity index (χ1n) is 4.45. The molecule has 1 saturated heterocycles. The molecule has 1 fully saturated rings. The van der Waals surface area contributed by atoms with E-state index in [9.17, 15) is 9.59 Å². The summed E-state index contributed by atoms with van der Waals surface area (Å²) in [5.41, 5.74) is 0. The molecule has 1 aliphatic rings. The molecule has 1 aliphatic heterocycles. The molecule has 0 aromatic carbocycles. The number of ketones is 1. The Bertz CT molecular complexity index is 135. The third-order valence-corrected chi connectivity index (χ3v) is 1.50. The average molecular weight is 171 g/mol. The maximum atomic E-state index is 10.6. The Morgan fingerprint density at radius 2 is 1.75 bits per heavy atom. The molecule has 3 nitrogen and oxygen atoms in total. The van der Waals surface area contributed by atoms with Gasteiger partial charge in [-0.05, 0) is 0 Å². The van der Waals surface area contributed by atoms with Crippen molar-refractivity contribution >= 4 is 12.2 Å². The van der Waals surface area contributed by atoms with Crippen molar-refractivity contribution in [2.75, 3.05) is 13.1 Å². The van der Waals surface area contributed by atoms with Crippen LogP contribution in [0, 0.1) is 0 Å². The van der Waals surface area contributed by atoms with Crippen molar-refractivity contribution in [3.63, 3.8) is 0 Å². The molecule has 70 valence electrons. The summed E-state index contributed by atoms with van der Waals surface area (Å²) in [6.07, 6.45) is 3.13. The van der Waals surface area contributed by atoms with E-state index in [-0.39, 0.29) is 5.78 Å². The van der Waals surface area contributed by atoms with Gasteiger partial charge < -0.3 is 4.90 Å². The summed E-state index contributed by atoms with van der Waals surface area (Å²) in [6.45, 7) is 5.48. The van der Waals surface area contributed by atoms with Crippen LogP contribution in [0.15, 0.2) is 0 Å². The summed E-state index contributed by atoms with van der Waals surface area (Å²) in [5, 5.41) is 0. The number of hydrogen-bond donors (Lipinski definition) is 0. The first-order chi connectivity index (χ1) is 5.74. The van der Waals surface area contributed by atoms with Crippen molar-refractivity contribution in [1.29, 1.82) is 0 Å². The van der Waals surface area contributed by atoms with Crippen LogP contribution in [-0.2, 0) is 9.59 Å². The Labute approximate surface area is 73.7 Å². The molecule has 0 N–H and O–H groups in total. The summed E-state index contributed by atoms with van der Waals surface area (Å²) in [7, 11) is 0. The SMILES string of the molecule is CCC.O=CN1CCC(=O)CC1. The Morgan fingerprint density at radius 3 is 2.08 bits per heavy atom. The summed E-state index contributed by atoms with van der Waals surface area (Å²) in [5.74, 6) is 0.271. The van der Waals surface area contributed by atoms with Gasteiger partial charge in [0.25, 0.3) is 0 Å². The van der Waals surface area contributed by atoms with Crippen LogP contribution in [0.4, 0.5) is 0 Å². The number of rotatable bonds is 1. The third kappa shape index (κ3) is 4.88. The van der Waals surface area contributed by atoms with E-state index in [1.54, 1.807) is 4.90 Å². The largest absolute Gasteiger partial charge is 0.344 e. The zero-order valence-corrected chi connectivity index (χ0v) is 7.88. The molecule has 3 heteroatoms. The van der Waals surface area contributed by atoms with Gasteiger partial charge in [-0.15, -0.1) is 0 Å². The molecule has 0 bridgehead atoms. The molecule has 0 radical (unpaired) electrons. The van der Waals surface area contributed by atoms with Crippen molar-refractivity contribution in [3.05, 3.63) is 0 Å². The predicted molar refractivity (Wildman–Crippen MR) is 47.8 cm³/mol. The van der Waals surface area contributed by atoms with Crippen LogP contribution < -0.4 is 0 Å². The molecule has 0 unspecified atom stereocenters. The Morgan fingerprint density at radius 1 is 1.33 bits per heavy atom. The predicted octanol–water partition coefficient (Wildman–Crippen LogP) is 1.22. The van der Waals surface area contributed by atoms with Gasteiger partial charge in [-0.3, -0.25) is 9.59 Å². The van der Waals surface area contributed by atoms with E-state index in [0.29, 0.717) is 25.9 Å². The van der Waals surface area contributed by atoms with Crippen LogP contribution in [0.5, 0.6) is 0 Å². The first kappa shape index (κ1) is 11.1. The molecule has 0 saturated carbocycles. The summed E-state index contributed by atoms with van der Waals surface area (Å²) >= 11 is 0. The molecule has 0 aromatic heterocycles. The molecule has 0 spiro atoms. The minimum absolute atomic E-state index is 0.271. The van der Waals surface area contributed by atoms with E-state index in [1.807, 2.05) is 0 Å². The van der Waals surface area contributed by atoms with Crippen LogP contribution in [0.25, 0.3) is 0 Å². The highest BCUT2D eigenvalue weighted by Gasteiger charge is 2.13. The Kier molecular flexibility index (Phi) is 6.34. The molecule has 1 heterocycles. The molecule has 12 heavy (non-hydrogen) atoms. The number of carbonyl (C=O) groups is 2. The number of Topliss-reactive ketones (excluding diaryl/α,β-unsaturated/α-hetero) is 1. The smallest absolute Gasteiger partial charge is 0.209 e. The molecule has 1 rings (SSSR count). The quantitative estimate of drug-likeness (QED) is 0.556. The molecular formula is C9H17NO2. The number of hydrogen-bond acceptors (Lipinski definition) is 2. The van der Waals surface area contributed by atoms with Gasteiger partial charge >= 0.3 is 0 Å². The average Bonchev–Trinajstić information content (AvgIpc) is 2.07. The lowest BCUT2D eigenvalue weighted by atomic mass is 10.1. The maximum absolute atomic E-state index is 10.6. The van der Waals surface area contributed by atoms with Gasteiger partial charge in [-0.1, -0.05) is 20.3 Å². The van der Waals surface area contributed by atoms with Gasteiger partial charge in [-0.25, -0.2) is 0 Å². The summed E-state index contributed by atoms with van der Waals surface area (Å²) in [6, 6.07) is 0. The number of amides is 1. The molecule has 0 aliphatic carbocycles. The van der Waals surface area contributed by atoms with E-state index in [0.717, 1.165) is 6.41 Å². The van der Waals surface area contributed by atoms with Crippen molar-refractivity contribution in [2.45, 2.75) is 33.1 Å². The highest BCUT2D eigenvalue weighted by Crippen LogP contribution is 2.01. The first-order valence-corrected chi connectivity index (χ1v) is 4.45. The lowest BCUT2D eigenvalue weighted by Crippen LogP contribution is -2.32. The second kappa shape index (κ2) is 6.83.